The van der Waals surface area contributed by atoms with Gasteiger partial charge in [0.25, 0.3) is 10.0 Å². The molecule has 0 atom stereocenters. The van der Waals surface area contributed by atoms with Crippen molar-refractivity contribution in [1.29, 1.82) is 0 Å². The highest BCUT2D eigenvalue weighted by Crippen LogP contribution is 2.26. The normalized spacial score (nSPS) is 11.9. The maximum absolute atomic E-state index is 12.8. The van der Waals surface area contributed by atoms with Crippen molar-refractivity contribution in [2.45, 2.75) is 21.6 Å². The van der Waals surface area contributed by atoms with Gasteiger partial charge >= 0.3 is 0 Å². The highest BCUT2D eigenvalue weighted by molar-refractivity contribution is 7.93. The first kappa shape index (κ1) is 19.4. The number of hydrogen-bond acceptors (Lipinski definition) is 4. The van der Waals surface area contributed by atoms with Gasteiger partial charge in [-0.05, 0) is 61.0 Å². The fourth-order valence-electron chi connectivity index (χ4n) is 2.45. The molecule has 0 bridgehead atoms. The van der Waals surface area contributed by atoms with E-state index in [1.165, 1.54) is 42.5 Å². The molecule has 0 saturated heterocycles. The zero-order valence-corrected chi connectivity index (χ0v) is 16.6. The number of sulfone groups is 1. The molecule has 0 amide bonds. The first-order valence-electron chi connectivity index (χ1n) is 7.89. The quantitative estimate of drug-likeness (QED) is 0.666. The van der Waals surface area contributed by atoms with Crippen LogP contribution < -0.4 is 4.72 Å². The zero-order chi connectivity index (χ0) is 19.7. The molecule has 8 heteroatoms. The molecule has 3 aromatic rings. The molecule has 0 aliphatic carbocycles. The third-order valence-corrected chi connectivity index (χ3v) is 7.32. The summed E-state index contributed by atoms with van der Waals surface area (Å²) in [5.74, 6) is 0. The van der Waals surface area contributed by atoms with E-state index in [1.807, 2.05) is 0 Å². The molecule has 3 aromatic carbocycles. The van der Waals surface area contributed by atoms with Crippen LogP contribution in [0.1, 0.15) is 5.56 Å². The Morgan fingerprint density at radius 1 is 0.741 bits per heavy atom. The Labute approximate surface area is 163 Å². The van der Waals surface area contributed by atoms with Crippen molar-refractivity contribution in [1.82, 2.24) is 0 Å². The lowest BCUT2D eigenvalue weighted by molar-refractivity contribution is 0.595. The summed E-state index contributed by atoms with van der Waals surface area (Å²) in [7, 11) is -7.81. The molecule has 0 aliphatic heterocycles. The van der Waals surface area contributed by atoms with E-state index in [0.717, 1.165) is 11.6 Å². The van der Waals surface area contributed by atoms with Gasteiger partial charge in [-0.2, -0.15) is 0 Å². The predicted octanol–water partition coefficient (Wildman–Crippen LogP) is 4.28. The van der Waals surface area contributed by atoms with Crippen LogP contribution in [0.3, 0.4) is 0 Å². The number of rotatable bonds is 5. The molecule has 0 fully saturated rings. The molecule has 3 rings (SSSR count). The average Bonchev–Trinajstić information content (AvgIpc) is 2.64. The summed E-state index contributed by atoms with van der Waals surface area (Å²) in [6.07, 6.45) is 0. The highest BCUT2D eigenvalue weighted by Gasteiger charge is 2.22. The molecule has 0 saturated carbocycles. The number of para-hydroxylation sites is 1. The monoisotopic (exact) mass is 421 g/mol. The van der Waals surface area contributed by atoms with E-state index in [9.17, 15) is 16.8 Å². The molecule has 0 unspecified atom stereocenters. The van der Waals surface area contributed by atoms with Crippen LogP contribution in [0, 0.1) is 6.92 Å². The number of sulfonamides is 1. The Balaban J connectivity index is 2.00. The van der Waals surface area contributed by atoms with E-state index in [0.29, 0.717) is 10.7 Å². The first-order valence-corrected chi connectivity index (χ1v) is 11.2. The van der Waals surface area contributed by atoms with Gasteiger partial charge < -0.3 is 0 Å². The number of nitrogens with one attached hydrogen (secondary N) is 1. The van der Waals surface area contributed by atoms with Gasteiger partial charge in [0.15, 0.2) is 0 Å². The molecule has 27 heavy (non-hydrogen) atoms. The van der Waals surface area contributed by atoms with Crippen LogP contribution in [0.25, 0.3) is 0 Å². The number of halogens is 1. The molecule has 0 aromatic heterocycles. The number of aryl methyl sites for hydroxylation is 1. The summed E-state index contributed by atoms with van der Waals surface area (Å²) in [6.45, 7) is 1.78. The maximum Gasteiger partial charge on any atom is 0.261 e. The number of anilines is 1. The van der Waals surface area contributed by atoms with E-state index in [1.54, 1.807) is 31.2 Å². The minimum Gasteiger partial charge on any atom is -0.279 e. The topological polar surface area (TPSA) is 80.3 Å². The van der Waals surface area contributed by atoms with E-state index in [2.05, 4.69) is 4.72 Å². The first-order chi connectivity index (χ1) is 12.7. The second-order valence-corrected chi connectivity index (χ2v) is 9.92. The fourth-order valence-corrected chi connectivity index (χ4v) is 5.13. The summed E-state index contributed by atoms with van der Waals surface area (Å²) >= 11 is 5.80. The van der Waals surface area contributed by atoms with Crippen molar-refractivity contribution in [2.24, 2.45) is 0 Å². The van der Waals surface area contributed by atoms with Gasteiger partial charge in [-0.3, -0.25) is 4.72 Å². The van der Waals surface area contributed by atoms with Gasteiger partial charge in [-0.25, -0.2) is 16.8 Å². The standard InChI is InChI=1S/C19H16ClNO4S2/c1-14-5-2-3-8-19(14)21-27(24,25)18-7-4-6-17(13-18)26(22,23)16-11-9-15(20)10-12-16/h2-13,21H,1H3. The van der Waals surface area contributed by atoms with E-state index >= 15 is 0 Å². The molecule has 0 aliphatic rings. The lowest BCUT2D eigenvalue weighted by Crippen LogP contribution is -2.14. The Hall–Kier alpha value is -2.35. The third kappa shape index (κ3) is 4.16. The van der Waals surface area contributed by atoms with Gasteiger partial charge in [0.1, 0.15) is 0 Å². The van der Waals surface area contributed by atoms with Gasteiger partial charge in [-0.15, -0.1) is 0 Å². The summed E-state index contributed by atoms with van der Waals surface area (Å²) < 4.78 is 53.4. The maximum atomic E-state index is 12.8. The third-order valence-electron chi connectivity index (χ3n) is 3.94. The van der Waals surface area contributed by atoms with E-state index in [-0.39, 0.29) is 14.7 Å². The number of benzene rings is 3. The molecular weight excluding hydrogens is 406 g/mol. The largest absolute Gasteiger partial charge is 0.279 e. The van der Waals surface area contributed by atoms with Crippen LogP contribution in [0.5, 0.6) is 0 Å². The highest BCUT2D eigenvalue weighted by atomic mass is 35.5. The van der Waals surface area contributed by atoms with Crippen LogP contribution >= 0.6 is 11.6 Å². The molecule has 0 radical (unpaired) electrons. The van der Waals surface area contributed by atoms with Crippen molar-refractivity contribution in [3.8, 4) is 0 Å². The predicted molar refractivity (Wildman–Crippen MR) is 105 cm³/mol. The van der Waals surface area contributed by atoms with Gasteiger partial charge in [-0.1, -0.05) is 35.9 Å². The molecule has 5 nitrogen and oxygen atoms in total. The minimum atomic E-state index is -3.94. The lowest BCUT2D eigenvalue weighted by atomic mass is 10.2. The Kier molecular flexibility index (Phi) is 5.28. The van der Waals surface area contributed by atoms with Crippen molar-refractivity contribution in [2.75, 3.05) is 4.72 Å². The Morgan fingerprint density at radius 2 is 1.37 bits per heavy atom. The molecular formula is C19H16ClNO4S2. The SMILES string of the molecule is Cc1ccccc1NS(=O)(=O)c1cccc(S(=O)(=O)c2ccc(Cl)cc2)c1. The van der Waals surface area contributed by atoms with Crippen LogP contribution in [0.2, 0.25) is 5.02 Å². The molecule has 140 valence electrons. The van der Waals surface area contributed by atoms with Crippen molar-refractivity contribution >= 4 is 37.1 Å². The van der Waals surface area contributed by atoms with E-state index < -0.39 is 19.9 Å². The summed E-state index contributed by atoms with van der Waals surface area (Å²) in [5.41, 5.74) is 1.19. The summed E-state index contributed by atoms with van der Waals surface area (Å²) in [4.78, 5) is -0.216. The van der Waals surface area contributed by atoms with Gasteiger partial charge in [0.05, 0.1) is 20.4 Å². The lowest BCUT2D eigenvalue weighted by Gasteiger charge is -2.11. The fraction of sp³-hybridized carbons (Fsp3) is 0.0526. The average molecular weight is 422 g/mol. The van der Waals surface area contributed by atoms with Crippen LogP contribution in [0.15, 0.2) is 87.5 Å². The van der Waals surface area contributed by atoms with E-state index in [4.69, 9.17) is 11.6 Å². The molecule has 0 spiro atoms. The molecule has 0 heterocycles. The van der Waals surface area contributed by atoms with Gasteiger partial charge in [0.2, 0.25) is 9.84 Å². The minimum absolute atomic E-state index is 0.0355. The summed E-state index contributed by atoms with van der Waals surface area (Å²) in [6, 6.07) is 17.9. The Bertz CT molecular complexity index is 1190. The second kappa shape index (κ2) is 7.34. The smallest absolute Gasteiger partial charge is 0.261 e. The number of hydrogen-bond donors (Lipinski definition) is 1. The Morgan fingerprint density at radius 3 is 2.04 bits per heavy atom. The van der Waals surface area contributed by atoms with Gasteiger partial charge in [0, 0.05) is 5.02 Å². The van der Waals surface area contributed by atoms with Crippen LogP contribution in [0.4, 0.5) is 5.69 Å². The zero-order valence-electron chi connectivity index (χ0n) is 14.3. The van der Waals surface area contributed by atoms with Crippen molar-refractivity contribution in [3.63, 3.8) is 0 Å². The van der Waals surface area contributed by atoms with Crippen molar-refractivity contribution < 1.29 is 16.8 Å². The second-order valence-electron chi connectivity index (χ2n) is 5.85. The molecule has 1 N–H and O–H groups in total. The summed E-state index contributed by atoms with van der Waals surface area (Å²) in [5, 5.41) is 0.410. The van der Waals surface area contributed by atoms with Crippen molar-refractivity contribution in [3.05, 3.63) is 83.4 Å². The van der Waals surface area contributed by atoms with Crippen LogP contribution in [-0.2, 0) is 19.9 Å². The van der Waals surface area contributed by atoms with Crippen LogP contribution in [-0.4, -0.2) is 16.8 Å².